The lowest BCUT2D eigenvalue weighted by Crippen LogP contribution is -2.21. The van der Waals surface area contributed by atoms with E-state index in [1.54, 1.807) is 0 Å². The summed E-state index contributed by atoms with van der Waals surface area (Å²) in [6.45, 7) is 9.61. The summed E-state index contributed by atoms with van der Waals surface area (Å²) in [6, 6.07) is 4.48. The molecular weight excluding hydrogens is 228 g/mol. The summed E-state index contributed by atoms with van der Waals surface area (Å²) in [5, 5.41) is 11.8. The molecule has 0 fully saturated rings. The van der Waals surface area contributed by atoms with Gasteiger partial charge in [0, 0.05) is 24.3 Å². The Balaban J connectivity index is 2.00. The molecule has 0 spiro atoms. The summed E-state index contributed by atoms with van der Waals surface area (Å²) < 4.78 is 7.24. The SMILES string of the molecule is Cc1cc(C)n(Cc2cc(CNC(C)C)no2)n1. The minimum atomic E-state index is 0.446. The predicted octanol–water partition coefficient (Wildman–Crippen LogP) is 2.03. The summed E-state index contributed by atoms with van der Waals surface area (Å²) in [5.41, 5.74) is 3.08. The van der Waals surface area contributed by atoms with E-state index in [2.05, 4.69) is 35.5 Å². The predicted molar refractivity (Wildman–Crippen MR) is 69.3 cm³/mol. The largest absolute Gasteiger partial charge is 0.359 e. The first-order valence-corrected chi connectivity index (χ1v) is 6.23. The average molecular weight is 248 g/mol. The van der Waals surface area contributed by atoms with Crippen LogP contribution in [0.25, 0.3) is 0 Å². The number of hydrogen-bond donors (Lipinski definition) is 1. The lowest BCUT2D eigenvalue weighted by molar-refractivity contribution is 0.362. The maximum atomic E-state index is 5.31. The highest BCUT2D eigenvalue weighted by atomic mass is 16.5. The zero-order chi connectivity index (χ0) is 13.1. The molecule has 0 aliphatic carbocycles. The quantitative estimate of drug-likeness (QED) is 0.879. The molecule has 5 nitrogen and oxygen atoms in total. The fourth-order valence-corrected chi connectivity index (χ4v) is 1.80. The third-order valence-corrected chi connectivity index (χ3v) is 2.71. The van der Waals surface area contributed by atoms with E-state index < -0.39 is 0 Å². The van der Waals surface area contributed by atoms with Crippen LogP contribution in [-0.2, 0) is 13.1 Å². The number of aryl methyl sites for hydroxylation is 2. The molecule has 18 heavy (non-hydrogen) atoms. The lowest BCUT2D eigenvalue weighted by Gasteiger charge is -2.03. The van der Waals surface area contributed by atoms with Gasteiger partial charge in [0.25, 0.3) is 0 Å². The van der Waals surface area contributed by atoms with Crippen LogP contribution in [-0.4, -0.2) is 21.0 Å². The highest BCUT2D eigenvalue weighted by Crippen LogP contribution is 2.09. The normalized spacial score (nSPS) is 11.4. The maximum Gasteiger partial charge on any atom is 0.158 e. The Morgan fingerprint density at radius 3 is 2.72 bits per heavy atom. The topological polar surface area (TPSA) is 55.9 Å². The van der Waals surface area contributed by atoms with Gasteiger partial charge in [-0.2, -0.15) is 5.10 Å². The van der Waals surface area contributed by atoms with Gasteiger partial charge in [0.2, 0.25) is 0 Å². The van der Waals surface area contributed by atoms with Gasteiger partial charge >= 0.3 is 0 Å². The van der Waals surface area contributed by atoms with Gasteiger partial charge in [-0.25, -0.2) is 0 Å². The Labute approximate surface area is 107 Å². The fourth-order valence-electron chi connectivity index (χ4n) is 1.80. The van der Waals surface area contributed by atoms with Crippen molar-refractivity contribution in [2.75, 3.05) is 0 Å². The Bertz CT molecular complexity index is 513. The molecule has 2 aromatic rings. The van der Waals surface area contributed by atoms with Gasteiger partial charge in [0.05, 0.1) is 11.4 Å². The molecule has 0 atom stereocenters. The van der Waals surface area contributed by atoms with Crippen LogP contribution in [0.2, 0.25) is 0 Å². The van der Waals surface area contributed by atoms with E-state index in [9.17, 15) is 0 Å². The molecule has 0 aromatic carbocycles. The van der Waals surface area contributed by atoms with Crippen LogP contribution in [0, 0.1) is 13.8 Å². The Morgan fingerprint density at radius 2 is 2.11 bits per heavy atom. The Morgan fingerprint density at radius 1 is 1.33 bits per heavy atom. The molecular formula is C13H20N4O. The second kappa shape index (κ2) is 5.35. The molecule has 0 saturated heterocycles. The first-order chi connectivity index (χ1) is 8.54. The maximum absolute atomic E-state index is 5.31. The van der Waals surface area contributed by atoms with Gasteiger partial charge in [-0.05, 0) is 19.9 Å². The van der Waals surface area contributed by atoms with Crippen molar-refractivity contribution in [2.24, 2.45) is 0 Å². The van der Waals surface area contributed by atoms with Crippen LogP contribution in [0.5, 0.6) is 0 Å². The summed E-state index contributed by atoms with van der Waals surface area (Å²) >= 11 is 0. The molecule has 2 aromatic heterocycles. The highest BCUT2D eigenvalue weighted by Gasteiger charge is 2.08. The van der Waals surface area contributed by atoms with E-state index in [4.69, 9.17) is 4.52 Å². The van der Waals surface area contributed by atoms with Crippen LogP contribution in [0.4, 0.5) is 0 Å². The van der Waals surface area contributed by atoms with Crippen molar-refractivity contribution in [2.45, 2.75) is 46.8 Å². The molecule has 0 aliphatic rings. The zero-order valence-corrected chi connectivity index (χ0v) is 11.4. The van der Waals surface area contributed by atoms with Gasteiger partial charge in [-0.15, -0.1) is 0 Å². The summed E-state index contributed by atoms with van der Waals surface area (Å²) in [7, 11) is 0. The van der Waals surface area contributed by atoms with Crippen molar-refractivity contribution < 1.29 is 4.52 Å². The third kappa shape index (κ3) is 3.20. The number of rotatable bonds is 5. The van der Waals surface area contributed by atoms with E-state index in [0.717, 1.165) is 29.4 Å². The molecule has 2 rings (SSSR count). The van der Waals surface area contributed by atoms with E-state index in [-0.39, 0.29) is 0 Å². The van der Waals surface area contributed by atoms with Crippen molar-refractivity contribution in [3.05, 3.63) is 35.0 Å². The molecule has 1 N–H and O–H groups in total. The van der Waals surface area contributed by atoms with E-state index in [1.807, 2.05) is 24.6 Å². The molecule has 0 radical (unpaired) electrons. The fraction of sp³-hybridized carbons (Fsp3) is 0.538. The van der Waals surface area contributed by atoms with E-state index in [0.29, 0.717) is 12.6 Å². The van der Waals surface area contributed by atoms with Crippen molar-refractivity contribution in [3.8, 4) is 0 Å². The van der Waals surface area contributed by atoms with Crippen LogP contribution < -0.4 is 5.32 Å². The van der Waals surface area contributed by atoms with Gasteiger partial charge in [0.15, 0.2) is 5.76 Å². The third-order valence-electron chi connectivity index (χ3n) is 2.71. The first-order valence-electron chi connectivity index (χ1n) is 6.23. The average Bonchev–Trinajstić information content (AvgIpc) is 2.84. The second-order valence-electron chi connectivity index (χ2n) is 4.90. The van der Waals surface area contributed by atoms with Crippen molar-refractivity contribution in [1.29, 1.82) is 0 Å². The molecule has 0 bridgehead atoms. The van der Waals surface area contributed by atoms with Gasteiger partial charge < -0.3 is 9.84 Å². The first kappa shape index (κ1) is 12.8. The smallest absolute Gasteiger partial charge is 0.158 e. The summed E-state index contributed by atoms with van der Waals surface area (Å²) in [5.74, 6) is 0.835. The van der Waals surface area contributed by atoms with E-state index in [1.165, 1.54) is 0 Å². The number of hydrogen-bond acceptors (Lipinski definition) is 4. The lowest BCUT2D eigenvalue weighted by atomic mass is 10.3. The zero-order valence-electron chi connectivity index (χ0n) is 11.4. The number of nitrogens with one attached hydrogen (secondary N) is 1. The van der Waals surface area contributed by atoms with Crippen molar-refractivity contribution in [1.82, 2.24) is 20.3 Å². The molecule has 2 heterocycles. The van der Waals surface area contributed by atoms with Crippen LogP contribution in [0.3, 0.4) is 0 Å². The molecule has 0 saturated carbocycles. The summed E-state index contributed by atoms with van der Waals surface area (Å²) in [4.78, 5) is 0. The number of aromatic nitrogens is 3. The minimum Gasteiger partial charge on any atom is -0.359 e. The number of nitrogens with zero attached hydrogens (tertiary/aromatic N) is 3. The summed E-state index contributed by atoms with van der Waals surface area (Å²) in [6.07, 6.45) is 0. The molecule has 0 aliphatic heterocycles. The molecule has 5 heteroatoms. The van der Waals surface area contributed by atoms with Crippen molar-refractivity contribution in [3.63, 3.8) is 0 Å². The molecule has 98 valence electrons. The van der Waals surface area contributed by atoms with E-state index >= 15 is 0 Å². The van der Waals surface area contributed by atoms with Gasteiger partial charge in [0.1, 0.15) is 6.54 Å². The van der Waals surface area contributed by atoms with Crippen LogP contribution >= 0.6 is 0 Å². The van der Waals surface area contributed by atoms with Gasteiger partial charge in [-0.3, -0.25) is 4.68 Å². The van der Waals surface area contributed by atoms with Crippen LogP contribution in [0.15, 0.2) is 16.7 Å². The van der Waals surface area contributed by atoms with Gasteiger partial charge in [-0.1, -0.05) is 19.0 Å². The Kier molecular flexibility index (Phi) is 3.81. The molecule has 0 amide bonds. The highest BCUT2D eigenvalue weighted by molar-refractivity contribution is 5.10. The minimum absolute atomic E-state index is 0.446. The monoisotopic (exact) mass is 248 g/mol. The molecule has 0 unspecified atom stereocenters. The second-order valence-corrected chi connectivity index (χ2v) is 4.90. The standard InChI is InChI=1S/C13H20N4O/c1-9(2)14-7-12-6-13(18-16-12)8-17-11(4)5-10(3)15-17/h5-6,9,14H,7-8H2,1-4H3. The van der Waals surface area contributed by atoms with Crippen LogP contribution in [0.1, 0.15) is 36.7 Å². The van der Waals surface area contributed by atoms with Crippen molar-refractivity contribution >= 4 is 0 Å². The Hall–Kier alpha value is -1.62.